The van der Waals surface area contributed by atoms with Gasteiger partial charge >= 0.3 is 11.9 Å². The van der Waals surface area contributed by atoms with Crippen LogP contribution in [0.3, 0.4) is 0 Å². The third-order valence-corrected chi connectivity index (χ3v) is 7.39. The highest BCUT2D eigenvalue weighted by Crippen LogP contribution is 2.63. The smallest absolute Gasteiger partial charge is 0.338 e. The topological polar surface area (TPSA) is 52.6 Å². The van der Waals surface area contributed by atoms with Crippen LogP contribution in [0.25, 0.3) is 0 Å². The summed E-state index contributed by atoms with van der Waals surface area (Å²) in [5.74, 6) is 1.26. The summed E-state index contributed by atoms with van der Waals surface area (Å²) in [6.45, 7) is 5.31. The Morgan fingerprint density at radius 3 is 2.00 bits per heavy atom. The van der Waals surface area contributed by atoms with Crippen LogP contribution in [0.4, 0.5) is 0 Å². The Balaban J connectivity index is 1.44. The molecule has 2 fully saturated rings. The van der Waals surface area contributed by atoms with Gasteiger partial charge in [-0.1, -0.05) is 50.2 Å². The summed E-state index contributed by atoms with van der Waals surface area (Å²) in [6.07, 6.45) is 2.06. The van der Waals surface area contributed by atoms with E-state index in [0.717, 1.165) is 12.8 Å². The number of carbonyl (C=O) groups is 2. The fraction of sp³-hybridized carbons (Fsp3) is 0.440. The van der Waals surface area contributed by atoms with Gasteiger partial charge in [0.2, 0.25) is 0 Å². The zero-order valence-electron chi connectivity index (χ0n) is 17.0. The first-order valence-corrected chi connectivity index (χ1v) is 10.5. The molecule has 152 valence electrons. The van der Waals surface area contributed by atoms with E-state index >= 15 is 0 Å². The second-order valence-corrected chi connectivity index (χ2v) is 8.68. The Labute approximate surface area is 172 Å². The average Bonchev–Trinajstić information content (AvgIpc) is 3.25. The molecule has 0 amide bonds. The Kier molecular flexibility index (Phi) is 5.44. The average molecular weight is 392 g/mol. The Hall–Kier alpha value is -2.62. The van der Waals surface area contributed by atoms with Crippen LogP contribution in [0.15, 0.2) is 60.7 Å². The molecular formula is C25H28O4. The van der Waals surface area contributed by atoms with Crippen molar-refractivity contribution < 1.29 is 19.1 Å². The van der Waals surface area contributed by atoms with Crippen molar-refractivity contribution in [2.24, 2.45) is 29.1 Å². The van der Waals surface area contributed by atoms with Gasteiger partial charge < -0.3 is 9.47 Å². The molecule has 2 bridgehead atoms. The molecule has 5 atom stereocenters. The van der Waals surface area contributed by atoms with E-state index in [1.807, 2.05) is 36.4 Å². The van der Waals surface area contributed by atoms with E-state index in [9.17, 15) is 9.59 Å². The number of rotatable bonds is 6. The highest BCUT2D eigenvalue weighted by molar-refractivity contribution is 5.89. The minimum Gasteiger partial charge on any atom is -0.462 e. The van der Waals surface area contributed by atoms with Gasteiger partial charge in [-0.25, -0.2) is 9.59 Å². The normalized spacial score (nSPS) is 30.1. The van der Waals surface area contributed by atoms with Crippen LogP contribution in [-0.2, 0) is 9.47 Å². The van der Waals surface area contributed by atoms with E-state index in [1.54, 1.807) is 24.3 Å². The van der Waals surface area contributed by atoms with Crippen molar-refractivity contribution in [1.82, 2.24) is 0 Å². The fourth-order valence-corrected chi connectivity index (χ4v) is 5.46. The maximum absolute atomic E-state index is 12.5. The maximum atomic E-state index is 12.5. The van der Waals surface area contributed by atoms with Gasteiger partial charge in [0, 0.05) is 11.3 Å². The lowest BCUT2D eigenvalue weighted by Gasteiger charge is -2.41. The highest BCUT2D eigenvalue weighted by atomic mass is 16.5. The number of esters is 2. The molecule has 4 nitrogen and oxygen atoms in total. The second-order valence-electron chi connectivity index (χ2n) is 8.68. The third kappa shape index (κ3) is 3.68. The van der Waals surface area contributed by atoms with Crippen LogP contribution in [0.2, 0.25) is 0 Å². The summed E-state index contributed by atoms with van der Waals surface area (Å²) >= 11 is 0. The molecule has 5 unspecified atom stereocenters. The van der Waals surface area contributed by atoms with Gasteiger partial charge in [0.15, 0.2) is 0 Å². The molecule has 29 heavy (non-hydrogen) atoms. The largest absolute Gasteiger partial charge is 0.462 e. The first kappa shape index (κ1) is 19.7. The predicted molar refractivity (Wildman–Crippen MR) is 110 cm³/mol. The summed E-state index contributed by atoms with van der Waals surface area (Å²) in [5.41, 5.74) is 1.02. The number of ether oxygens (including phenoxy) is 2. The molecule has 4 heteroatoms. The van der Waals surface area contributed by atoms with Crippen LogP contribution in [0.5, 0.6) is 0 Å². The van der Waals surface area contributed by atoms with Crippen LogP contribution < -0.4 is 0 Å². The van der Waals surface area contributed by atoms with Crippen molar-refractivity contribution >= 4 is 11.9 Å². The lowest BCUT2D eigenvalue weighted by Crippen LogP contribution is -2.42. The standard InChI is InChI=1S/C25H28O4/c1-17-18(2)25(16-29-24(27)20-11-7-4-8-12-20)14-21(17)13-22(25)15-28-23(26)19-9-5-3-6-10-19/h3-12,17-18,21-22H,13-16H2,1-2H3. The van der Waals surface area contributed by atoms with E-state index in [4.69, 9.17) is 9.47 Å². The first-order valence-electron chi connectivity index (χ1n) is 10.5. The van der Waals surface area contributed by atoms with Gasteiger partial charge in [0.05, 0.1) is 24.3 Å². The van der Waals surface area contributed by atoms with Gasteiger partial charge in [-0.05, 0) is 54.9 Å². The van der Waals surface area contributed by atoms with E-state index in [0.29, 0.717) is 42.1 Å². The lowest BCUT2D eigenvalue weighted by atomic mass is 9.66. The van der Waals surface area contributed by atoms with Gasteiger partial charge in [0.25, 0.3) is 0 Å². The number of benzene rings is 2. The molecule has 0 radical (unpaired) electrons. The Morgan fingerprint density at radius 1 is 0.897 bits per heavy atom. The molecule has 0 saturated heterocycles. The van der Waals surface area contributed by atoms with E-state index in [1.165, 1.54) is 0 Å². The SMILES string of the molecule is CC1C2CC(COC(=O)c3ccccc3)C(COC(=O)c3ccccc3)(C2)C1C. The third-order valence-electron chi connectivity index (χ3n) is 7.39. The summed E-state index contributed by atoms with van der Waals surface area (Å²) in [7, 11) is 0. The van der Waals surface area contributed by atoms with Crippen molar-refractivity contribution in [1.29, 1.82) is 0 Å². The van der Waals surface area contributed by atoms with Crippen molar-refractivity contribution in [3.63, 3.8) is 0 Å². The van der Waals surface area contributed by atoms with Crippen molar-refractivity contribution in [2.75, 3.05) is 13.2 Å². The molecule has 0 N–H and O–H groups in total. The molecule has 2 aromatic carbocycles. The van der Waals surface area contributed by atoms with Crippen LogP contribution in [-0.4, -0.2) is 25.2 Å². The first-order chi connectivity index (χ1) is 14.0. The van der Waals surface area contributed by atoms with Crippen LogP contribution in [0.1, 0.15) is 47.4 Å². The number of hydrogen-bond acceptors (Lipinski definition) is 4. The van der Waals surface area contributed by atoms with Crippen LogP contribution in [0, 0.1) is 29.1 Å². The lowest BCUT2D eigenvalue weighted by molar-refractivity contribution is -0.0326. The van der Waals surface area contributed by atoms with E-state index in [-0.39, 0.29) is 23.3 Å². The van der Waals surface area contributed by atoms with Gasteiger partial charge in [-0.2, -0.15) is 0 Å². The minimum atomic E-state index is -0.287. The molecule has 0 aromatic heterocycles. The summed E-state index contributed by atoms with van der Waals surface area (Å²) < 4.78 is 11.5. The summed E-state index contributed by atoms with van der Waals surface area (Å²) in [5, 5.41) is 0. The fourth-order valence-electron chi connectivity index (χ4n) is 5.46. The van der Waals surface area contributed by atoms with Gasteiger partial charge in [0.1, 0.15) is 0 Å². The molecular weight excluding hydrogens is 364 g/mol. The predicted octanol–water partition coefficient (Wildman–Crippen LogP) is 5.00. The quantitative estimate of drug-likeness (QED) is 0.649. The number of carbonyl (C=O) groups excluding carboxylic acids is 2. The molecule has 0 heterocycles. The monoisotopic (exact) mass is 392 g/mol. The molecule has 2 aliphatic carbocycles. The molecule has 2 saturated carbocycles. The Bertz CT molecular complexity index is 863. The molecule has 0 spiro atoms. The molecule has 2 aliphatic rings. The zero-order chi connectivity index (χ0) is 20.4. The van der Waals surface area contributed by atoms with Crippen molar-refractivity contribution in [3.05, 3.63) is 71.8 Å². The van der Waals surface area contributed by atoms with Gasteiger partial charge in [-0.3, -0.25) is 0 Å². The highest BCUT2D eigenvalue weighted by Gasteiger charge is 2.60. The van der Waals surface area contributed by atoms with Gasteiger partial charge in [-0.15, -0.1) is 0 Å². The maximum Gasteiger partial charge on any atom is 0.338 e. The van der Waals surface area contributed by atoms with Crippen LogP contribution >= 0.6 is 0 Å². The van der Waals surface area contributed by atoms with Crippen molar-refractivity contribution in [2.45, 2.75) is 26.7 Å². The van der Waals surface area contributed by atoms with Crippen molar-refractivity contribution in [3.8, 4) is 0 Å². The van der Waals surface area contributed by atoms with E-state index < -0.39 is 0 Å². The Morgan fingerprint density at radius 2 is 1.45 bits per heavy atom. The minimum absolute atomic E-state index is 0.120. The molecule has 2 aromatic rings. The molecule has 0 aliphatic heterocycles. The number of hydrogen-bond donors (Lipinski definition) is 0. The zero-order valence-corrected chi connectivity index (χ0v) is 17.0. The second kappa shape index (κ2) is 8.02. The number of fused-ring (bicyclic) bond motifs is 2. The summed E-state index contributed by atoms with van der Waals surface area (Å²) in [4.78, 5) is 24.9. The van der Waals surface area contributed by atoms with E-state index in [2.05, 4.69) is 13.8 Å². The summed E-state index contributed by atoms with van der Waals surface area (Å²) in [6, 6.07) is 18.2. The molecule has 4 rings (SSSR count).